The highest BCUT2D eigenvalue weighted by atomic mass is 79.9. The Morgan fingerprint density at radius 3 is 2.37 bits per heavy atom. The molecule has 10 nitrogen and oxygen atoms in total. The van der Waals surface area contributed by atoms with E-state index in [1.165, 1.54) is 6.08 Å². The number of hydrogen-bond acceptors (Lipinski definition) is 9. The quantitative estimate of drug-likeness (QED) is 0.301. The van der Waals surface area contributed by atoms with Crippen molar-refractivity contribution in [2.24, 2.45) is 5.92 Å². The van der Waals surface area contributed by atoms with E-state index in [4.69, 9.17) is 24.1 Å². The highest BCUT2D eigenvalue weighted by molar-refractivity contribution is 9.11. The maximum atomic E-state index is 14.1. The van der Waals surface area contributed by atoms with Gasteiger partial charge in [-0.3, -0.25) is 9.59 Å². The second kappa shape index (κ2) is 14.8. The Morgan fingerprint density at radius 1 is 1.02 bits per heavy atom. The fourth-order valence-corrected chi connectivity index (χ4v) is 5.38. The summed E-state index contributed by atoms with van der Waals surface area (Å²) in [5, 5.41) is 20.2. The zero-order valence-electron chi connectivity index (χ0n) is 22.5. The first-order valence-corrected chi connectivity index (χ1v) is 14.3. The Balaban J connectivity index is 1.54. The van der Waals surface area contributed by atoms with Crippen LogP contribution in [0.2, 0.25) is 0 Å². The number of rotatable bonds is 14. The number of aliphatic hydroxyl groups excluding tert-OH is 1. The average molecular weight is 633 g/mol. The van der Waals surface area contributed by atoms with Gasteiger partial charge in [0, 0.05) is 13.0 Å². The minimum atomic E-state index is -1.88. The van der Waals surface area contributed by atoms with Gasteiger partial charge in [-0.25, -0.2) is 9.69 Å². The van der Waals surface area contributed by atoms with E-state index in [2.05, 4.69) is 15.9 Å². The van der Waals surface area contributed by atoms with Gasteiger partial charge < -0.3 is 29.2 Å². The number of cyclic esters (lactones) is 1. The van der Waals surface area contributed by atoms with Crippen LogP contribution in [0, 0.1) is 5.92 Å². The van der Waals surface area contributed by atoms with Gasteiger partial charge in [0.25, 0.3) is 0 Å². The Hall–Kier alpha value is -2.93. The van der Waals surface area contributed by atoms with E-state index in [9.17, 15) is 19.5 Å². The van der Waals surface area contributed by atoms with Gasteiger partial charge in [0.05, 0.1) is 36.8 Å². The number of imide groups is 1. The number of benzene rings is 2. The smallest absolute Gasteiger partial charge is 0.417 e. The molecule has 4 atom stereocenters. The molecule has 2 N–H and O–H groups in total. The third-order valence-electron chi connectivity index (χ3n) is 6.93. The Bertz CT molecular complexity index is 1210. The lowest BCUT2D eigenvalue weighted by Gasteiger charge is -2.38. The van der Waals surface area contributed by atoms with E-state index in [-0.39, 0.29) is 43.8 Å². The fourth-order valence-electron chi connectivity index (χ4n) is 4.86. The number of halogens is 1. The topological polar surface area (TPSA) is 132 Å². The van der Waals surface area contributed by atoms with Crippen molar-refractivity contribution < 1.29 is 43.5 Å². The molecule has 0 spiro atoms. The van der Waals surface area contributed by atoms with E-state index < -0.39 is 41.6 Å². The molecule has 4 unspecified atom stereocenters. The molecular weight excluding hydrogens is 598 g/mol. The molecule has 4 rings (SSSR count). The van der Waals surface area contributed by atoms with Crippen molar-refractivity contribution in [2.75, 3.05) is 39.6 Å². The number of carbonyl (C=O) groups excluding carboxylic acids is 3. The van der Waals surface area contributed by atoms with Gasteiger partial charge in [0.2, 0.25) is 5.91 Å². The van der Waals surface area contributed by atoms with Crippen molar-refractivity contribution in [3.63, 3.8) is 0 Å². The molecule has 1 saturated heterocycles. The fraction of sp³-hybridized carbons (Fsp3) is 0.433. The van der Waals surface area contributed by atoms with Gasteiger partial charge in [-0.15, -0.1) is 0 Å². The number of amides is 2. The maximum absolute atomic E-state index is 14.1. The highest BCUT2D eigenvalue weighted by Crippen LogP contribution is 2.38. The van der Waals surface area contributed by atoms with Gasteiger partial charge in [0.1, 0.15) is 18.8 Å². The standard InChI is InChI=1S/C30H34BrNO9/c31-26-19-25(34)27(41-30(26,37)12-7-14-38-16-17-39-15-13-33)23(18-21-8-3-1-4-9-21)28(35)32-24(20-40-29(32)36)22-10-5-2-6-11-22/h1-6,8-11,19,23-24,27,33,37H,7,12-18,20H2. The molecule has 0 bridgehead atoms. The van der Waals surface area contributed by atoms with Crippen LogP contribution in [0.25, 0.3) is 0 Å². The summed E-state index contributed by atoms with van der Waals surface area (Å²) in [5.74, 6) is -4.12. The molecule has 11 heteroatoms. The summed E-state index contributed by atoms with van der Waals surface area (Å²) >= 11 is 3.27. The van der Waals surface area contributed by atoms with Crippen LogP contribution in [0.3, 0.4) is 0 Å². The summed E-state index contributed by atoms with van der Waals surface area (Å²) < 4.78 is 22.1. The second-order valence-corrected chi connectivity index (χ2v) is 10.6. The first kappa shape index (κ1) is 31.0. The number of carbonyl (C=O) groups is 3. The molecule has 2 aromatic carbocycles. The van der Waals surface area contributed by atoms with Crippen molar-refractivity contribution in [2.45, 2.75) is 37.2 Å². The molecule has 2 amide bonds. The lowest BCUT2D eigenvalue weighted by atomic mass is 9.87. The Morgan fingerprint density at radius 2 is 1.68 bits per heavy atom. The van der Waals surface area contributed by atoms with Gasteiger partial charge in [-0.2, -0.15) is 0 Å². The molecule has 0 radical (unpaired) electrons. The molecule has 41 heavy (non-hydrogen) atoms. The molecule has 2 aliphatic rings. The summed E-state index contributed by atoms with van der Waals surface area (Å²) in [6, 6.07) is 17.5. The predicted molar refractivity (Wildman–Crippen MR) is 151 cm³/mol. The summed E-state index contributed by atoms with van der Waals surface area (Å²) in [6.45, 7) is 1.09. The van der Waals surface area contributed by atoms with Crippen molar-refractivity contribution in [3.05, 3.63) is 82.3 Å². The summed E-state index contributed by atoms with van der Waals surface area (Å²) in [6.07, 6.45) is -0.355. The summed E-state index contributed by atoms with van der Waals surface area (Å²) in [5.41, 5.74) is 1.49. The number of ketones is 1. The van der Waals surface area contributed by atoms with Crippen LogP contribution in [-0.2, 0) is 35.0 Å². The molecule has 0 aliphatic carbocycles. The monoisotopic (exact) mass is 631 g/mol. The molecule has 2 heterocycles. The second-order valence-electron chi connectivity index (χ2n) is 9.78. The number of nitrogens with zero attached hydrogens (tertiary/aromatic N) is 1. The Labute approximate surface area is 247 Å². The van der Waals surface area contributed by atoms with Crippen LogP contribution in [0.1, 0.15) is 30.0 Å². The minimum absolute atomic E-state index is 0.00740. The molecule has 1 fully saturated rings. The lowest BCUT2D eigenvalue weighted by Crippen LogP contribution is -2.52. The molecule has 0 aromatic heterocycles. The lowest BCUT2D eigenvalue weighted by molar-refractivity contribution is -0.218. The van der Waals surface area contributed by atoms with E-state index >= 15 is 0 Å². The van der Waals surface area contributed by atoms with Gasteiger partial charge >= 0.3 is 6.09 Å². The zero-order chi connectivity index (χ0) is 29.2. The average Bonchev–Trinajstić information content (AvgIpc) is 3.37. The number of hydrogen-bond donors (Lipinski definition) is 2. The number of ether oxygens (including phenoxy) is 4. The third-order valence-corrected chi connectivity index (χ3v) is 7.78. The van der Waals surface area contributed by atoms with E-state index in [1.807, 2.05) is 48.5 Å². The molecule has 0 saturated carbocycles. The predicted octanol–water partition coefficient (Wildman–Crippen LogP) is 3.31. The third kappa shape index (κ3) is 7.88. The van der Waals surface area contributed by atoms with Crippen molar-refractivity contribution in [1.82, 2.24) is 4.90 Å². The highest BCUT2D eigenvalue weighted by Gasteiger charge is 2.50. The van der Waals surface area contributed by atoms with Crippen LogP contribution in [0.15, 0.2) is 71.2 Å². The van der Waals surface area contributed by atoms with Crippen LogP contribution in [0.4, 0.5) is 4.79 Å². The van der Waals surface area contributed by atoms with Crippen molar-refractivity contribution in [3.8, 4) is 0 Å². The van der Waals surface area contributed by atoms with Gasteiger partial charge in [-0.1, -0.05) is 60.7 Å². The van der Waals surface area contributed by atoms with Gasteiger partial charge in [0.15, 0.2) is 11.6 Å². The maximum Gasteiger partial charge on any atom is 0.417 e. The normalized spacial score (nSPS) is 23.3. The number of aliphatic hydroxyl groups is 2. The molecule has 220 valence electrons. The first-order valence-electron chi connectivity index (χ1n) is 13.5. The summed E-state index contributed by atoms with van der Waals surface area (Å²) in [4.78, 5) is 41.3. The molecule has 2 aliphatic heterocycles. The zero-order valence-corrected chi connectivity index (χ0v) is 24.1. The van der Waals surface area contributed by atoms with Crippen LogP contribution in [0.5, 0.6) is 0 Å². The van der Waals surface area contributed by atoms with Gasteiger partial charge in [-0.05, 0) is 46.0 Å². The van der Waals surface area contributed by atoms with Crippen LogP contribution in [-0.4, -0.2) is 84.4 Å². The van der Waals surface area contributed by atoms with E-state index in [0.29, 0.717) is 19.6 Å². The van der Waals surface area contributed by atoms with Crippen molar-refractivity contribution in [1.29, 1.82) is 0 Å². The largest absolute Gasteiger partial charge is 0.446 e. The molecular formula is C30H34BrNO9. The van der Waals surface area contributed by atoms with E-state index in [0.717, 1.165) is 16.0 Å². The van der Waals surface area contributed by atoms with Crippen LogP contribution >= 0.6 is 15.9 Å². The minimum Gasteiger partial charge on any atom is -0.446 e. The van der Waals surface area contributed by atoms with Crippen molar-refractivity contribution >= 4 is 33.7 Å². The van der Waals surface area contributed by atoms with Crippen LogP contribution < -0.4 is 0 Å². The SMILES string of the molecule is O=C1C=C(Br)C(O)(CCCOCCOCCO)OC1C(Cc1ccccc1)C(=O)N1C(=O)OCC1c1ccccc1. The molecule has 2 aromatic rings. The summed E-state index contributed by atoms with van der Waals surface area (Å²) in [7, 11) is 0. The van der Waals surface area contributed by atoms with E-state index in [1.54, 1.807) is 12.1 Å². The Kier molecular flexibility index (Phi) is 11.2. The first-order chi connectivity index (χ1) is 19.8.